The fraction of sp³-hybridized carbons (Fsp3) is 0. The first-order chi connectivity index (χ1) is 5.89. The third kappa shape index (κ3) is 2.83. The van der Waals surface area contributed by atoms with Crippen molar-refractivity contribution in [3.63, 3.8) is 0 Å². The lowest BCUT2D eigenvalue weighted by atomic mass is 11.0. The Kier molecular flexibility index (Phi) is 2.74. The number of thiazole rings is 1. The smallest absolute Gasteiger partial charge is 0.410 e. The van der Waals surface area contributed by atoms with Crippen LogP contribution in [0.4, 0.5) is 9.93 Å². The van der Waals surface area contributed by atoms with E-state index in [1.54, 1.807) is 0 Å². The first-order valence-corrected chi connectivity index (χ1v) is 5.92. The van der Waals surface area contributed by atoms with E-state index in [2.05, 4.69) is 4.98 Å². The van der Waals surface area contributed by atoms with Gasteiger partial charge in [0.2, 0.25) is 0 Å². The van der Waals surface area contributed by atoms with Gasteiger partial charge in [-0.2, -0.15) is 0 Å². The average Bonchev–Trinajstić information content (AvgIpc) is 2.32. The number of carbonyl (C=O) groups is 1. The van der Waals surface area contributed by atoms with E-state index in [1.165, 1.54) is 0 Å². The standard InChI is InChI=1S/C4H3ClN2O4S2/c5-13(10,11)2-1-6-3(12-2)7-4(8)9/h1H,(H,6,7)(H,8,9). The number of amides is 1. The Balaban J connectivity index is 2.94. The van der Waals surface area contributed by atoms with Gasteiger partial charge in [-0.05, 0) is 0 Å². The van der Waals surface area contributed by atoms with Crippen LogP contribution in [0.5, 0.6) is 0 Å². The lowest BCUT2D eigenvalue weighted by Crippen LogP contribution is -2.06. The lowest BCUT2D eigenvalue weighted by Gasteiger charge is -1.90. The topological polar surface area (TPSA) is 96.4 Å². The summed E-state index contributed by atoms with van der Waals surface area (Å²) in [7, 11) is 1.15. The molecule has 0 fully saturated rings. The maximum Gasteiger partial charge on any atom is 0.410 e. The zero-order chi connectivity index (χ0) is 10.1. The fourth-order valence-electron chi connectivity index (χ4n) is 0.521. The van der Waals surface area contributed by atoms with Crippen LogP contribution in [0, 0.1) is 0 Å². The van der Waals surface area contributed by atoms with Gasteiger partial charge in [0.15, 0.2) is 9.34 Å². The zero-order valence-electron chi connectivity index (χ0n) is 5.89. The van der Waals surface area contributed by atoms with E-state index < -0.39 is 15.1 Å². The SMILES string of the molecule is O=C(O)Nc1ncc(S(=O)(=O)Cl)s1. The summed E-state index contributed by atoms with van der Waals surface area (Å²) in [6.45, 7) is 0. The molecule has 9 heteroatoms. The van der Waals surface area contributed by atoms with Crippen molar-refractivity contribution in [1.29, 1.82) is 0 Å². The molecule has 0 saturated carbocycles. The second-order valence-corrected chi connectivity index (χ2v) is 5.68. The average molecular weight is 243 g/mol. The molecule has 0 spiro atoms. The van der Waals surface area contributed by atoms with Crippen molar-refractivity contribution in [2.24, 2.45) is 0 Å². The predicted octanol–water partition coefficient (Wildman–Crippen LogP) is 1.16. The molecule has 0 aliphatic heterocycles. The van der Waals surface area contributed by atoms with Crippen LogP contribution in [0.1, 0.15) is 0 Å². The summed E-state index contributed by atoms with van der Waals surface area (Å²) in [5.74, 6) is 0. The molecule has 0 radical (unpaired) electrons. The molecule has 6 nitrogen and oxygen atoms in total. The van der Waals surface area contributed by atoms with E-state index in [1.807, 2.05) is 5.32 Å². The van der Waals surface area contributed by atoms with Crippen molar-refractivity contribution in [1.82, 2.24) is 4.98 Å². The highest BCUT2D eigenvalue weighted by Crippen LogP contribution is 2.25. The highest BCUT2D eigenvalue weighted by molar-refractivity contribution is 8.15. The van der Waals surface area contributed by atoms with E-state index in [4.69, 9.17) is 15.8 Å². The van der Waals surface area contributed by atoms with Crippen LogP contribution in [0.3, 0.4) is 0 Å². The maximum atomic E-state index is 10.7. The van der Waals surface area contributed by atoms with Crippen LogP contribution >= 0.6 is 22.0 Å². The third-order valence-corrected chi connectivity index (χ3v) is 3.91. The Hall–Kier alpha value is -0.860. The molecule has 13 heavy (non-hydrogen) atoms. The highest BCUT2D eigenvalue weighted by atomic mass is 35.7. The summed E-state index contributed by atoms with van der Waals surface area (Å²) in [6.07, 6.45) is -0.328. The van der Waals surface area contributed by atoms with E-state index in [0.29, 0.717) is 11.3 Å². The Morgan fingerprint density at radius 2 is 2.31 bits per heavy atom. The minimum Gasteiger partial charge on any atom is -0.465 e. The molecule has 1 rings (SSSR count). The van der Waals surface area contributed by atoms with Crippen LogP contribution in [-0.4, -0.2) is 24.6 Å². The van der Waals surface area contributed by atoms with Crippen molar-refractivity contribution in [3.05, 3.63) is 6.20 Å². The maximum absolute atomic E-state index is 10.7. The highest BCUT2D eigenvalue weighted by Gasteiger charge is 2.15. The summed E-state index contributed by atoms with van der Waals surface area (Å²) in [5, 5.41) is 10.1. The molecule has 1 aromatic rings. The second-order valence-electron chi connectivity index (χ2n) is 1.85. The number of nitrogens with zero attached hydrogens (tertiary/aromatic N) is 1. The van der Waals surface area contributed by atoms with Gasteiger partial charge in [0.05, 0.1) is 6.20 Å². The van der Waals surface area contributed by atoms with Gasteiger partial charge in [-0.3, -0.25) is 5.32 Å². The quantitative estimate of drug-likeness (QED) is 0.759. The monoisotopic (exact) mass is 242 g/mol. The largest absolute Gasteiger partial charge is 0.465 e. The second kappa shape index (κ2) is 3.48. The van der Waals surface area contributed by atoms with Gasteiger partial charge in [-0.15, -0.1) is 0 Å². The number of aromatic nitrogens is 1. The molecule has 1 amide bonds. The van der Waals surface area contributed by atoms with E-state index >= 15 is 0 Å². The van der Waals surface area contributed by atoms with Gasteiger partial charge in [-0.25, -0.2) is 18.2 Å². The summed E-state index contributed by atoms with van der Waals surface area (Å²) in [6, 6.07) is 0. The zero-order valence-corrected chi connectivity index (χ0v) is 8.28. The minimum absolute atomic E-state index is 0.0354. The third-order valence-electron chi connectivity index (χ3n) is 0.939. The number of carboxylic acid groups (broad SMARTS) is 1. The van der Waals surface area contributed by atoms with Gasteiger partial charge in [-0.1, -0.05) is 11.3 Å². The van der Waals surface area contributed by atoms with Crippen LogP contribution < -0.4 is 5.32 Å². The van der Waals surface area contributed by atoms with Crippen LogP contribution in [0.2, 0.25) is 0 Å². The Morgan fingerprint density at radius 1 is 1.69 bits per heavy atom. The molecule has 0 atom stereocenters. The van der Waals surface area contributed by atoms with Crippen molar-refractivity contribution in [3.8, 4) is 0 Å². The number of rotatable bonds is 2. The van der Waals surface area contributed by atoms with Crippen LogP contribution in [0.15, 0.2) is 10.4 Å². The summed E-state index contributed by atoms with van der Waals surface area (Å²) in [4.78, 5) is 13.6. The number of halogens is 1. The summed E-state index contributed by atoms with van der Waals surface area (Å²) in [5.41, 5.74) is 0. The van der Waals surface area contributed by atoms with Crippen molar-refractivity contribution >= 4 is 42.3 Å². The molecule has 0 bridgehead atoms. The fourth-order valence-corrected chi connectivity index (χ4v) is 2.28. The minimum atomic E-state index is -3.82. The predicted molar refractivity (Wildman–Crippen MR) is 46.8 cm³/mol. The van der Waals surface area contributed by atoms with Gasteiger partial charge >= 0.3 is 6.09 Å². The number of anilines is 1. The van der Waals surface area contributed by atoms with E-state index in [0.717, 1.165) is 6.20 Å². The van der Waals surface area contributed by atoms with Crippen molar-refractivity contribution in [2.45, 2.75) is 4.21 Å². The number of hydrogen-bond acceptors (Lipinski definition) is 5. The van der Waals surface area contributed by atoms with Gasteiger partial charge in [0, 0.05) is 10.7 Å². The lowest BCUT2D eigenvalue weighted by molar-refractivity contribution is 0.209. The van der Waals surface area contributed by atoms with Gasteiger partial charge in [0.25, 0.3) is 9.05 Å². The Bertz CT molecular complexity index is 425. The molecular formula is C4H3ClN2O4S2. The molecule has 2 N–H and O–H groups in total. The molecule has 0 aromatic carbocycles. The van der Waals surface area contributed by atoms with Gasteiger partial charge in [0.1, 0.15) is 0 Å². The van der Waals surface area contributed by atoms with Gasteiger partial charge < -0.3 is 5.11 Å². The first-order valence-electron chi connectivity index (χ1n) is 2.80. The Labute approximate surface area is 81.6 Å². The molecule has 0 unspecified atom stereocenters. The van der Waals surface area contributed by atoms with E-state index in [9.17, 15) is 13.2 Å². The molecule has 0 aliphatic rings. The van der Waals surface area contributed by atoms with Crippen LogP contribution in [-0.2, 0) is 9.05 Å². The normalized spacial score (nSPS) is 11.2. The van der Waals surface area contributed by atoms with Crippen molar-refractivity contribution < 1.29 is 18.3 Å². The molecule has 72 valence electrons. The van der Waals surface area contributed by atoms with Crippen LogP contribution in [0.25, 0.3) is 0 Å². The molecular weight excluding hydrogens is 240 g/mol. The Morgan fingerprint density at radius 3 is 2.69 bits per heavy atom. The molecule has 1 heterocycles. The number of nitrogens with one attached hydrogen (secondary N) is 1. The number of hydrogen-bond donors (Lipinski definition) is 2. The molecule has 1 aromatic heterocycles. The summed E-state index contributed by atoms with van der Waals surface area (Å²) < 4.78 is 21.2. The summed E-state index contributed by atoms with van der Waals surface area (Å²) >= 11 is 0.645. The first kappa shape index (κ1) is 10.2. The van der Waals surface area contributed by atoms with E-state index in [-0.39, 0.29) is 9.34 Å². The molecule has 0 saturated heterocycles. The van der Waals surface area contributed by atoms with Crippen molar-refractivity contribution in [2.75, 3.05) is 5.32 Å². The molecule has 0 aliphatic carbocycles.